The Kier molecular flexibility index (Phi) is 2.52. The van der Waals surface area contributed by atoms with Gasteiger partial charge in [-0.05, 0) is 18.8 Å². The van der Waals surface area contributed by atoms with Gasteiger partial charge in [-0.3, -0.25) is 14.5 Å². The zero-order valence-electron chi connectivity index (χ0n) is 7.94. The highest BCUT2D eigenvalue weighted by Gasteiger charge is 2.40. The van der Waals surface area contributed by atoms with Crippen molar-refractivity contribution in [1.82, 2.24) is 4.90 Å². The second kappa shape index (κ2) is 3.67. The fourth-order valence-corrected chi connectivity index (χ4v) is 1.86. The highest BCUT2D eigenvalue weighted by molar-refractivity contribution is 5.98. The molecule has 1 aliphatic heterocycles. The molecule has 5 nitrogen and oxygen atoms in total. The minimum Gasteiger partial charge on any atom is -0.362 e. The van der Waals surface area contributed by atoms with E-state index in [4.69, 9.17) is 10.5 Å². The van der Waals surface area contributed by atoms with Gasteiger partial charge < -0.3 is 10.5 Å². The Morgan fingerprint density at radius 1 is 1.36 bits per heavy atom. The zero-order chi connectivity index (χ0) is 10.1. The highest BCUT2D eigenvalue weighted by Crippen LogP contribution is 2.35. The summed E-state index contributed by atoms with van der Waals surface area (Å²) >= 11 is 0. The van der Waals surface area contributed by atoms with Gasteiger partial charge in [0.05, 0.1) is 6.04 Å². The molecule has 2 amide bonds. The fraction of sp³-hybridized carbons (Fsp3) is 0.778. The lowest BCUT2D eigenvalue weighted by atomic mass is 10.1. The largest absolute Gasteiger partial charge is 0.362 e. The molecule has 1 aliphatic carbocycles. The molecule has 1 heterocycles. The van der Waals surface area contributed by atoms with Crippen LogP contribution in [0.4, 0.5) is 0 Å². The molecule has 1 unspecified atom stereocenters. The molecule has 0 bridgehead atoms. The SMILES string of the molecule is NCC(C1CC1)N1C(=O)COCC1=O. The molecular formula is C9H14N2O3. The van der Waals surface area contributed by atoms with Crippen molar-refractivity contribution in [3.8, 4) is 0 Å². The predicted molar refractivity (Wildman–Crippen MR) is 48.2 cm³/mol. The predicted octanol–water partition coefficient (Wildman–Crippen LogP) is -0.891. The number of rotatable bonds is 3. The smallest absolute Gasteiger partial charge is 0.255 e. The average Bonchev–Trinajstić information content (AvgIpc) is 2.95. The number of nitrogens with two attached hydrogens (primary N) is 1. The van der Waals surface area contributed by atoms with Gasteiger partial charge in [0, 0.05) is 6.54 Å². The van der Waals surface area contributed by atoms with E-state index in [9.17, 15) is 9.59 Å². The Morgan fingerprint density at radius 3 is 2.36 bits per heavy atom. The molecule has 0 aromatic carbocycles. The third-order valence-electron chi connectivity index (χ3n) is 2.73. The lowest BCUT2D eigenvalue weighted by Gasteiger charge is -2.32. The minimum absolute atomic E-state index is 0.00889. The Labute approximate surface area is 82.2 Å². The number of carbonyl (C=O) groups excluding carboxylic acids is 2. The Balaban J connectivity index is 2.11. The first-order valence-electron chi connectivity index (χ1n) is 4.86. The summed E-state index contributed by atoms with van der Waals surface area (Å²) in [5.74, 6) is -0.0711. The maximum absolute atomic E-state index is 11.5. The molecule has 0 spiro atoms. The van der Waals surface area contributed by atoms with E-state index in [0.717, 1.165) is 12.8 Å². The number of imide groups is 1. The molecule has 2 N–H and O–H groups in total. The van der Waals surface area contributed by atoms with Crippen molar-refractivity contribution in [1.29, 1.82) is 0 Å². The maximum atomic E-state index is 11.5. The molecule has 1 atom stereocenters. The van der Waals surface area contributed by atoms with Crippen LogP contribution < -0.4 is 5.73 Å². The number of carbonyl (C=O) groups is 2. The fourth-order valence-electron chi connectivity index (χ4n) is 1.86. The van der Waals surface area contributed by atoms with E-state index in [1.807, 2.05) is 0 Å². The number of nitrogens with zero attached hydrogens (tertiary/aromatic N) is 1. The molecule has 5 heteroatoms. The Bertz CT molecular complexity index is 247. The summed E-state index contributed by atoms with van der Waals surface area (Å²) in [6, 6.07) is -0.0982. The number of hydrogen-bond donors (Lipinski definition) is 1. The van der Waals surface area contributed by atoms with Crippen LogP contribution in [-0.4, -0.2) is 42.5 Å². The normalized spacial score (nSPS) is 25.4. The van der Waals surface area contributed by atoms with Crippen LogP contribution >= 0.6 is 0 Å². The first-order chi connectivity index (χ1) is 6.74. The van der Waals surface area contributed by atoms with Gasteiger partial charge in [0.15, 0.2) is 0 Å². The van der Waals surface area contributed by atoms with Gasteiger partial charge >= 0.3 is 0 Å². The summed E-state index contributed by atoms with van der Waals surface area (Å²) in [6.07, 6.45) is 2.14. The van der Waals surface area contributed by atoms with Crippen molar-refractivity contribution in [2.24, 2.45) is 11.7 Å². The van der Waals surface area contributed by atoms with Crippen LogP contribution in [0.2, 0.25) is 0 Å². The molecule has 2 aliphatic rings. The number of morpholine rings is 1. The summed E-state index contributed by atoms with van der Waals surface area (Å²) in [4.78, 5) is 24.2. The summed E-state index contributed by atoms with van der Waals surface area (Å²) in [7, 11) is 0. The van der Waals surface area contributed by atoms with Crippen LogP contribution in [0, 0.1) is 5.92 Å². The molecule has 1 saturated heterocycles. The van der Waals surface area contributed by atoms with Gasteiger partial charge in [0.1, 0.15) is 13.2 Å². The molecule has 2 fully saturated rings. The molecule has 0 aromatic heterocycles. The lowest BCUT2D eigenvalue weighted by molar-refractivity contribution is -0.161. The number of amides is 2. The van der Waals surface area contributed by atoms with Crippen LogP contribution in [0.1, 0.15) is 12.8 Å². The lowest BCUT2D eigenvalue weighted by Crippen LogP contribution is -2.54. The van der Waals surface area contributed by atoms with E-state index in [-0.39, 0.29) is 31.1 Å². The van der Waals surface area contributed by atoms with Crippen molar-refractivity contribution in [3.63, 3.8) is 0 Å². The van der Waals surface area contributed by atoms with Crippen LogP contribution in [-0.2, 0) is 14.3 Å². The first-order valence-corrected chi connectivity index (χ1v) is 4.86. The van der Waals surface area contributed by atoms with Crippen molar-refractivity contribution >= 4 is 11.8 Å². The van der Waals surface area contributed by atoms with Crippen molar-refractivity contribution in [2.75, 3.05) is 19.8 Å². The number of hydrogen-bond acceptors (Lipinski definition) is 4. The van der Waals surface area contributed by atoms with Gasteiger partial charge in [0.25, 0.3) is 11.8 Å². The van der Waals surface area contributed by atoms with E-state index < -0.39 is 0 Å². The second-order valence-corrected chi connectivity index (χ2v) is 3.79. The van der Waals surface area contributed by atoms with Crippen molar-refractivity contribution < 1.29 is 14.3 Å². The van der Waals surface area contributed by atoms with E-state index in [1.54, 1.807) is 0 Å². The van der Waals surface area contributed by atoms with Gasteiger partial charge in [-0.15, -0.1) is 0 Å². The summed E-state index contributed by atoms with van der Waals surface area (Å²) < 4.78 is 4.84. The summed E-state index contributed by atoms with van der Waals surface area (Å²) in [6.45, 7) is 0.381. The van der Waals surface area contributed by atoms with Crippen molar-refractivity contribution in [3.05, 3.63) is 0 Å². The highest BCUT2D eigenvalue weighted by atomic mass is 16.5. The molecule has 0 aromatic rings. The molecule has 0 radical (unpaired) electrons. The zero-order valence-corrected chi connectivity index (χ0v) is 7.94. The molecule has 1 saturated carbocycles. The van der Waals surface area contributed by atoms with Crippen molar-refractivity contribution in [2.45, 2.75) is 18.9 Å². The molecular weight excluding hydrogens is 184 g/mol. The second-order valence-electron chi connectivity index (χ2n) is 3.79. The molecule has 2 rings (SSSR count). The van der Waals surface area contributed by atoms with E-state index in [1.165, 1.54) is 4.90 Å². The quantitative estimate of drug-likeness (QED) is 0.597. The average molecular weight is 198 g/mol. The topological polar surface area (TPSA) is 72.6 Å². The van der Waals surface area contributed by atoms with E-state index in [2.05, 4.69) is 0 Å². The maximum Gasteiger partial charge on any atom is 0.255 e. The van der Waals surface area contributed by atoms with E-state index >= 15 is 0 Å². The first kappa shape index (κ1) is 9.61. The van der Waals surface area contributed by atoms with Gasteiger partial charge in [-0.25, -0.2) is 0 Å². The van der Waals surface area contributed by atoms with E-state index in [0.29, 0.717) is 12.5 Å². The third-order valence-corrected chi connectivity index (χ3v) is 2.73. The summed E-state index contributed by atoms with van der Waals surface area (Å²) in [5, 5.41) is 0. The Morgan fingerprint density at radius 2 is 1.93 bits per heavy atom. The standard InChI is InChI=1S/C9H14N2O3/c10-3-7(6-1-2-6)11-8(12)4-14-5-9(11)13/h6-7H,1-5,10H2. The van der Waals surface area contributed by atoms with Gasteiger partial charge in [-0.1, -0.05) is 0 Å². The van der Waals surface area contributed by atoms with Gasteiger partial charge in [0.2, 0.25) is 0 Å². The third kappa shape index (κ3) is 1.65. The van der Waals surface area contributed by atoms with Crippen LogP contribution in [0.3, 0.4) is 0 Å². The monoisotopic (exact) mass is 198 g/mol. The minimum atomic E-state index is -0.247. The number of ether oxygens (including phenoxy) is 1. The molecule has 78 valence electrons. The summed E-state index contributed by atoms with van der Waals surface area (Å²) in [5.41, 5.74) is 5.58. The Hall–Kier alpha value is -0.940. The van der Waals surface area contributed by atoms with Crippen LogP contribution in [0.5, 0.6) is 0 Å². The van der Waals surface area contributed by atoms with Gasteiger partial charge in [-0.2, -0.15) is 0 Å². The molecule has 14 heavy (non-hydrogen) atoms. The van der Waals surface area contributed by atoms with Crippen LogP contribution in [0.15, 0.2) is 0 Å². The van der Waals surface area contributed by atoms with Crippen LogP contribution in [0.25, 0.3) is 0 Å².